The summed E-state index contributed by atoms with van der Waals surface area (Å²) < 4.78 is 30.5. The van der Waals surface area contributed by atoms with E-state index < -0.39 is 12.7 Å². The molecule has 0 amide bonds. The van der Waals surface area contributed by atoms with Crippen LogP contribution in [0.3, 0.4) is 0 Å². The summed E-state index contributed by atoms with van der Waals surface area (Å²) in [6, 6.07) is 10.0. The summed E-state index contributed by atoms with van der Waals surface area (Å²) in [7, 11) is 0. The first kappa shape index (κ1) is 15.9. The predicted octanol–water partition coefficient (Wildman–Crippen LogP) is 4.72. The van der Waals surface area contributed by atoms with E-state index in [0.717, 1.165) is 21.2 Å². The van der Waals surface area contributed by atoms with Crippen molar-refractivity contribution in [1.82, 2.24) is 0 Å². The van der Waals surface area contributed by atoms with Crippen LogP contribution in [0.15, 0.2) is 40.9 Å². The molecule has 2 rings (SSSR count). The number of benzene rings is 2. The van der Waals surface area contributed by atoms with E-state index in [1.165, 1.54) is 6.07 Å². The van der Waals surface area contributed by atoms with Crippen LogP contribution in [0.4, 0.5) is 8.78 Å². The summed E-state index contributed by atoms with van der Waals surface area (Å²) in [6.45, 7) is 1.03. The molecule has 1 atom stereocenters. The molecule has 0 aliphatic rings. The van der Waals surface area contributed by atoms with Crippen LogP contribution in [0.25, 0.3) is 0 Å². The summed E-state index contributed by atoms with van der Waals surface area (Å²) in [5, 5.41) is 0. The number of alkyl halides is 2. The van der Waals surface area contributed by atoms with E-state index in [1.54, 1.807) is 18.2 Å². The highest BCUT2D eigenvalue weighted by Crippen LogP contribution is 2.32. The van der Waals surface area contributed by atoms with E-state index in [9.17, 15) is 8.78 Å². The lowest BCUT2D eigenvalue weighted by Crippen LogP contribution is -2.16. The Bertz CT molecular complexity index is 646. The minimum absolute atomic E-state index is 0.111. The molecule has 21 heavy (non-hydrogen) atoms. The molecule has 0 aliphatic heterocycles. The monoisotopic (exact) mass is 355 g/mol. The van der Waals surface area contributed by atoms with Crippen LogP contribution in [0, 0.1) is 13.8 Å². The highest BCUT2D eigenvalue weighted by molar-refractivity contribution is 9.10. The van der Waals surface area contributed by atoms with Crippen molar-refractivity contribution in [3.05, 3.63) is 63.1 Å². The molecular formula is C16H16BrF2NO. The fourth-order valence-electron chi connectivity index (χ4n) is 2.25. The maximum atomic E-state index is 12.5. The fraction of sp³-hybridized carbons (Fsp3) is 0.250. The standard InChI is InChI=1S/C16H16BrF2NO/c1-9-8-13(17)10(2)7-12(9)15(20)11-5-3-4-6-14(11)21-16(18)19/h3-8,15-16H,20H2,1-2H3. The van der Waals surface area contributed by atoms with Gasteiger partial charge in [-0.05, 0) is 42.7 Å². The number of hydrogen-bond acceptors (Lipinski definition) is 2. The lowest BCUT2D eigenvalue weighted by atomic mass is 9.94. The molecule has 2 aromatic carbocycles. The van der Waals surface area contributed by atoms with Crippen LogP contribution in [-0.2, 0) is 0 Å². The van der Waals surface area contributed by atoms with Gasteiger partial charge < -0.3 is 10.5 Å². The lowest BCUT2D eigenvalue weighted by Gasteiger charge is -2.19. The predicted molar refractivity (Wildman–Crippen MR) is 82.7 cm³/mol. The largest absolute Gasteiger partial charge is 0.434 e. The summed E-state index contributed by atoms with van der Waals surface area (Å²) in [5.41, 5.74) is 9.74. The zero-order valence-electron chi connectivity index (χ0n) is 11.7. The van der Waals surface area contributed by atoms with Crippen molar-refractivity contribution in [2.75, 3.05) is 0 Å². The van der Waals surface area contributed by atoms with Gasteiger partial charge in [0, 0.05) is 10.0 Å². The molecule has 2 N–H and O–H groups in total. The Kier molecular flexibility index (Phi) is 4.96. The van der Waals surface area contributed by atoms with E-state index in [2.05, 4.69) is 20.7 Å². The van der Waals surface area contributed by atoms with Gasteiger partial charge in [-0.25, -0.2) is 0 Å². The van der Waals surface area contributed by atoms with Gasteiger partial charge >= 0.3 is 6.61 Å². The maximum Gasteiger partial charge on any atom is 0.387 e. The van der Waals surface area contributed by atoms with Gasteiger partial charge in [0.15, 0.2) is 0 Å². The van der Waals surface area contributed by atoms with Crippen molar-refractivity contribution in [1.29, 1.82) is 0 Å². The van der Waals surface area contributed by atoms with Crippen molar-refractivity contribution < 1.29 is 13.5 Å². The molecule has 0 aromatic heterocycles. The Balaban J connectivity index is 2.45. The number of hydrogen-bond donors (Lipinski definition) is 1. The van der Waals surface area contributed by atoms with Crippen molar-refractivity contribution in [3.8, 4) is 5.75 Å². The molecular weight excluding hydrogens is 340 g/mol. The Morgan fingerprint density at radius 2 is 1.71 bits per heavy atom. The average Bonchev–Trinajstić information content (AvgIpc) is 2.42. The summed E-state index contributed by atoms with van der Waals surface area (Å²) in [4.78, 5) is 0. The van der Waals surface area contributed by atoms with E-state index in [4.69, 9.17) is 5.73 Å². The van der Waals surface area contributed by atoms with E-state index in [0.29, 0.717) is 5.56 Å². The smallest absolute Gasteiger partial charge is 0.387 e. The number of ether oxygens (including phenoxy) is 1. The van der Waals surface area contributed by atoms with E-state index in [-0.39, 0.29) is 5.75 Å². The van der Waals surface area contributed by atoms with Crippen LogP contribution >= 0.6 is 15.9 Å². The first-order valence-electron chi connectivity index (χ1n) is 6.46. The van der Waals surface area contributed by atoms with Gasteiger partial charge in [0.05, 0.1) is 6.04 Å². The average molecular weight is 356 g/mol. The Labute approximate surface area is 131 Å². The summed E-state index contributed by atoms with van der Waals surface area (Å²) >= 11 is 3.47. The molecule has 0 fully saturated rings. The molecule has 2 nitrogen and oxygen atoms in total. The number of para-hydroxylation sites is 1. The van der Waals surface area contributed by atoms with Crippen LogP contribution < -0.4 is 10.5 Å². The van der Waals surface area contributed by atoms with Crippen LogP contribution in [-0.4, -0.2) is 6.61 Å². The zero-order chi connectivity index (χ0) is 15.6. The van der Waals surface area contributed by atoms with Gasteiger partial charge in [0.2, 0.25) is 0 Å². The number of rotatable bonds is 4. The highest BCUT2D eigenvalue weighted by Gasteiger charge is 2.18. The molecule has 2 aromatic rings. The molecule has 112 valence electrons. The molecule has 0 saturated carbocycles. The minimum atomic E-state index is -2.87. The second-order valence-electron chi connectivity index (χ2n) is 4.85. The third-order valence-electron chi connectivity index (χ3n) is 3.35. The molecule has 5 heteroatoms. The first-order chi connectivity index (χ1) is 9.90. The highest BCUT2D eigenvalue weighted by atomic mass is 79.9. The van der Waals surface area contributed by atoms with Gasteiger partial charge in [-0.1, -0.05) is 40.2 Å². The Morgan fingerprint density at radius 3 is 2.38 bits per heavy atom. The van der Waals surface area contributed by atoms with E-state index in [1.807, 2.05) is 26.0 Å². The topological polar surface area (TPSA) is 35.2 Å². The van der Waals surface area contributed by atoms with Gasteiger partial charge in [-0.15, -0.1) is 0 Å². The van der Waals surface area contributed by atoms with Gasteiger partial charge in [0.1, 0.15) is 5.75 Å². The van der Waals surface area contributed by atoms with Crippen LogP contribution in [0.1, 0.15) is 28.3 Å². The third-order valence-corrected chi connectivity index (χ3v) is 4.21. The normalized spacial score (nSPS) is 12.5. The third kappa shape index (κ3) is 3.60. The van der Waals surface area contributed by atoms with Crippen molar-refractivity contribution in [2.24, 2.45) is 5.73 Å². The van der Waals surface area contributed by atoms with Gasteiger partial charge in [-0.2, -0.15) is 8.78 Å². The zero-order valence-corrected chi connectivity index (χ0v) is 13.3. The van der Waals surface area contributed by atoms with Crippen LogP contribution in [0.5, 0.6) is 5.75 Å². The lowest BCUT2D eigenvalue weighted by molar-refractivity contribution is -0.0505. The molecule has 0 aliphatic carbocycles. The molecule has 0 spiro atoms. The van der Waals surface area contributed by atoms with Crippen LogP contribution in [0.2, 0.25) is 0 Å². The molecule has 0 heterocycles. The molecule has 0 bridgehead atoms. The SMILES string of the molecule is Cc1cc(C(N)c2ccccc2OC(F)F)c(C)cc1Br. The van der Waals surface area contributed by atoms with E-state index >= 15 is 0 Å². The Hall–Kier alpha value is -1.46. The second kappa shape index (κ2) is 6.54. The van der Waals surface area contributed by atoms with Gasteiger partial charge in [0.25, 0.3) is 0 Å². The summed E-state index contributed by atoms with van der Waals surface area (Å²) in [5.74, 6) is 0.111. The molecule has 0 saturated heterocycles. The second-order valence-corrected chi connectivity index (χ2v) is 5.71. The number of halogens is 3. The summed E-state index contributed by atoms with van der Waals surface area (Å²) in [6.07, 6.45) is 0. The number of aryl methyl sites for hydroxylation is 2. The van der Waals surface area contributed by atoms with Crippen molar-refractivity contribution in [2.45, 2.75) is 26.5 Å². The maximum absolute atomic E-state index is 12.5. The van der Waals surface area contributed by atoms with Gasteiger partial charge in [-0.3, -0.25) is 0 Å². The minimum Gasteiger partial charge on any atom is -0.434 e. The quantitative estimate of drug-likeness (QED) is 0.861. The van der Waals surface area contributed by atoms with Crippen molar-refractivity contribution in [3.63, 3.8) is 0 Å². The molecule has 1 unspecified atom stereocenters. The number of nitrogens with two attached hydrogens (primary N) is 1. The molecule has 0 radical (unpaired) electrons. The van der Waals surface area contributed by atoms with Crippen molar-refractivity contribution >= 4 is 15.9 Å². The first-order valence-corrected chi connectivity index (χ1v) is 7.25. The fourth-order valence-corrected chi connectivity index (χ4v) is 2.70. The Morgan fingerprint density at radius 1 is 1.05 bits per heavy atom.